The first-order valence-electron chi connectivity index (χ1n) is 5.77. The van der Waals surface area contributed by atoms with Gasteiger partial charge in [0.2, 0.25) is 0 Å². The summed E-state index contributed by atoms with van der Waals surface area (Å²) in [5, 5.41) is 8.11. The van der Waals surface area contributed by atoms with E-state index in [9.17, 15) is 0 Å². The van der Waals surface area contributed by atoms with Crippen LogP contribution in [0.4, 0.5) is 0 Å². The maximum Gasteiger partial charge on any atom is 0.114 e. The molecule has 0 aliphatic heterocycles. The largest absolute Gasteiger partial charge is 0.269 e. The summed E-state index contributed by atoms with van der Waals surface area (Å²) >= 11 is 0. The first kappa shape index (κ1) is 10.7. The van der Waals surface area contributed by atoms with E-state index in [0.29, 0.717) is 6.54 Å². The van der Waals surface area contributed by atoms with Gasteiger partial charge in [-0.3, -0.25) is 4.99 Å². The molecule has 1 heterocycles. The average molecular weight is 236 g/mol. The minimum Gasteiger partial charge on any atom is -0.269 e. The van der Waals surface area contributed by atoms with Crippen molar-refractivity contribution in [3.05, 3.63) is 60.2 Å². The highest BCUT2D eigenvalue weighted by molar-refractivity contribution is 5.80. The number of hydrogen-bond donors (Lipinski definition) is 0. The lowest BCUT2D eigenvalue weighted by molar-refractivity contribution is 0.867. The second kappa shape index (κ2) is 4.79. The minimum atomic E-state index is 0.648. The maximum absolute atomic E-state index is 4.37. The summed E-state index contributed by atoms with van der Waals surface area (Å²) in [4.78, 5) is 4.37. The van der Waals surface area contributed by atoms with E-state index in [1.54, 1.807) is 11.0 Å². The van der Waals surface area contributed by atoms with Crippen LogP contribution in [0.15, 0.2) is 59.6 Å². The van der Waals surface area contributed by atoms with Crippen molar-refractivity contribution in [2.45, 2.75) is 6.54 Å². The Labute approximate surface area is 105 Å². The van der Waals surface area contributed by atoms with Crippen molar-refractivity contribution in [1.82, 2.24) is 15.0 Å². The predicted octanol–water partition coefficient (Wildman–Crippen LogP) is 2.51. The number of aliphatic imine (C=N–C) groups is 1. The van der Waals surface area contributed by atoms with Crippen LogP contribution in [-0.4, -0.2) is 21.3 Å². The van der Waals surface area contributed by atoms with Gasteiger partial charge >= 0.3 is 0 Å². The molecule has 0 fully saturated rings. The summed E-state index contributed by atoms with van der Waals surface area (Å²) in [5.74, 6) is 0. The summed E-state index contributed by atoms with van der Waals surface area (Å²) in [6.07, 6.45) is 1.71. The molecule has 3 rings (SSSR count). The fourth-order valence-corrected chi connectivity index (χ4v) is 1.78. The van der Waals surface area contributed by atoms with Crippen molar-refractivity contribution in [1.29, 1.82) is 0 Å². The highest BCUT2D eigenvalue weighted by Crippen LogP contribution is 2.08. The summed E-state index contributed by atoms with van der Waals surface area (Å²) < 4.78 is 1.69. The SMILES string of the molecule is C(=NCc1ccccc1)n1nnc2ccccc21. The number of fused-ring (bicyclic) bond motifs is 1. The number of rotatable bonds is 3. The summed E-state index contributed by atoms with van der Waals surface area (Å²) in [6, 6.07) is 17.9. The molecule has 0 N–H and O–H groups in total. The van der Waals surface area contributed by atoms with Crippen LogP contribution < -0.4 is 0 Å². The van der Waals surface area contributed by atoms with Gasteiger partial charge in [-0.1, -0.05) is 47.7 Å². The number of nitrogens with zero attached hydrogens (tertiary/aromatic N) is 4. The minimum absolute atomic E-state index is 0.648. The van der Waals surface area contributed by atoms with Crippen LogP contribution in [0.25, 0.3) is 11.0 Å². The van der Waals surface area contributed by atoms with E-state index in [0.717, 1.165) is 11.0 Å². The maximum atomic E-state index is 4.37. The van der Waals surface area contributed by atoms with Crippen molar-refractivity contribution in [2.75, 3.05) is 0 Å². The molecule has 0 atom stereocenters. The Morgan fingerprint density at radius 2 is 1.78 bits per heavy atom. The first-order valence-corrected chi connectivity index (χ1v) is 5.77. The third kappa shape index (κ3) is 2.13. The van der Waals surface area contributed by atoms with Crippen LogP contribution >= 0.6 is 0 Å². The predicted molar refractivity (Wildman–Crippen MR) is 71.6 cm³/mol. The quantitative estimate of drug-likeness (QED) is 0.518. The molecule has 0 amide bonds. The topological polar surface area (TPSA) is 43.1 Å². The molecule has 0 aliphatic rings. The van der Waals surface area contributed by atoms with Gasteiger partial charge in [0.15, 0.2) is 0 Å². The second-order valence-electron chi connectivity index (χ2n) is 3.96. The second-order valence-corrected chi connectivity index (χ2v) is 3.96. The Balaban J connectivity index is 1.80. The van der Waals surface area contributed by atoms with Crippen LogP contribution in [0.1, 0.15) is 5.56 Å². The molecule has 1 aromatic heterocycles. The van der Waals surface area contributed by atoms with Crippen LogP contribution in [0, 0.1) is 0 Å². The number of para-hydroxylation sites is 1. The summed E-state index contributed by atoms with van der Waals surface area (Å²) in [5.41, 5.74) is 3.02. The van der Waals surface area contributed by atoms with E-state index >= 15 is 0 Å². The molecule has 88 valence electrons. The Morgan fingerprint density at radius 1 is 1.00 bits per heavy atom. The third-order valence-corrected chi connectivity index (χ3v) is 2.69. The summed E-state index contributed by atoms with van der Waals surface area (Å²) in [6.45, 7) is 0.648. The van der Waals surface area contributed by atoms with Crippen LogP contribution in [0.5, 0.6) is 0 Å². The lowest BCUT2D eigenvalue weighted by atomic mass is 10.2. The van der Waals surface area contributed by atoms with E-state index in [4.69, 9.17) is 0 Å². The lowest BCUT2D eigenvalue weighted by Crippen LogP contribution is -1.98. The Hall–Kier alpha value is -2.49. The Kier molecular flexibility index (Phi) is 2.84. The monoisotopic (exact) mass is 236 g/mol. The molecule has 18 heavy (non-hydrogen) atoms. The average Bonchev–Trinajstić information content (AvgIpc) is 2.84. The molecular weight excluding hydrogens is 224 g/mol. The third-order valence-electron chi connectivity index (χ3n) is 2.69. The Morgan fingerprint density at radius 3 is 2.67 bits per heavy atom. The van der Waals surface area contributed by atoms with Gasteiger partial charge in [0.1, 0.15) is 11.9 Å². The highest BCUT2D eigenvalue weighted by Gasteiger charge is 1.99. The molecule has 0 bridgehead atoms. The van der Waals surface area contributed by atoms with Crippen molar-refractivity contribution in [2.24, 2.45) is 4.99 Å². The molecule has 2 aromatic carbocycles. The molecule has 4 nitrogen and oxygen atoms in total. The van der Waals surface area contributed by atoms with Crippen LogP contribution in [-0.2, 0) is 6.54 Å². The summed E-state index contributed by atoms with van der Waals surface area (Å²) in [7, 11) is 0. The fourth-order valence-electron chi connectivity index (χ4n) is 1.78. The molecule has 0 saturated carbocycles. The molecule has 0 saturated heterocycles. The smallest absolute Gasteiger partial charge is 0.114 e. The normalized spacial score (nSPS) is 11.3. The standard InChI is InChI=1S/C14H12N4/c1-2-6-12(7-3-1)10-15-11-18-14-9-5-4-8-13(14)16-17-18/h1-9,11H,10H2. The van der Waals surface area contributed by atoms with Gasteiger partial charge in [-0.2, -0.15) is 0 Å². The van der Waals surface area contributed by atoms with E-state index < -0.39 is 0 Å². The van der Waals surface area contributed by atoms with Crippen molar-refractivity contribution in [3.8, 4) is 0 Å². The molecule has 0 aliphatic carbocycles. The molecule has 3 aromatic rings. The Bertz CT molecular complexity index is 670. The number of aromatic nitrogens is 3. The first-order chi connectivity index (χ1) is 8.93. The van der Waals surface area contributed by atoms with Gasteiger partial charge in [0.25, 0.3) is 0 Å². The van der Waals surface area contributed by atoms with Gasteiger partial charge in [0.05, 0.1) is 12.1 Å². The van der Waals surface area contributed by atoms with Gasteiger partial charge in [0, 0.05) is 0 Å². The van der Waals surface area contributed by atoms with E-state index in [2.05, 4.69) is 27.4 Å². The molecule has 4 heteroatoms. The van der Waals surface area contributed by atoms with Crippen LogP contribution in [0.2, 0.25) is 0 Å². The van der Waals surface area contributed by atoms with E-state index in [1.807, 2.05) is 42.5 Å². The number of benzene rings is 2. The molecule has 0 unspecified atom stereocenters. The van der Waals surface area contributed by atoms with Gasteiger partial charge < -0.3 is 0 Å². The van der Waals surface area contributed by atoms with E-state index in [1.165, 1.54) is 5.56 Å². The van der Waals surface area contributed by atoms with Crippen LogP contribution in [0.3, 0.4) is 0 Å². The van der Waals surface area contributed by atoms with Crippen molar-refractivity contribution in [3.63, 3.8) is 0 Å². The molecule has 0 radical (unpaired) electrons. The van der Waals surface area contributed by atoms with Crippen molar-refractivity contribution < 1.29 is 0 Å². The van der Waals surface area contributed by atoms with Gasteiger partial charge in [-0.25, -0.2) is 4.68 Å². The fraction of sp³-hybridized carbons (Fsp3) is 0.0714. The van der Waals surface area contributed by atoms with Gasteiger partial charge in [-0.15, -0.1) is 5.10 Å². The molecule has 0 spiro atoms. The zero-order valence-corrected chi connectivity index (χ0v) is 9.77. The lowest BCUT2D eigenvalue weighted by Gasteiger charge is -1.95. The number of hydrogen-bond acceptors (Lipinski definition) is 3. The van der Waals surface area contributed by atoms with Gasteiger partial charge in [-0.05, 0) is 17.7 Å². The zero-order chi connectivity index (χ0) is 12.2. The highest BCUT2D eigenvalue weighted by atomic mass is 15.4. The molecular formula is C14H12N4. The van der Waals surface area contributed by atoms with E-state index in [-0.39, 0.29) is 0 Å². The zero-order valence-electron chi connectivity index (χ0n) is 9.77. The van der Waals surface area contributed by atoms with Crippen molar-refractivity contribution >= 4 is 17.4 Å².